The van der Waals surface area contributed by atoms with Crippen LogP contribution in [0.4, 0.5) is 5.69 Å². The lowest BCUT2D eigenvalue weighted by molar-refractivity contribution is -0.890. The summed E-state index contributed by atoms with van der Waals surface area (Å²) in [4.78, 5) is 1.38. The summed E-state index contributed by atoms with van der Waals surface area (Å²) in [7, 11) is 4.36. The maximum atomic E-state index is 5.50. The fourth-order valence-corrected chi connectivity index (χ4v) is 3.07. The molecule has 0 aromatic heterocycles. The van der Waals surface area contributed by atoms with Crippen molar-refractivity contribution in [3.05, 3.63) is 64.7 Å². The minimum absolute atomic E-state index is 0.351. The number of nitrogens with one attached hydrogen (secondary N) is 3. The molecule has 0 radical (unpaired) electrons. The Labute approximate surface area is 157 Å². The highest BCUT2D eigenvalue weighted by atomic mass is 32.1. The van der Waals surface area contributed by atoms with Crippen LogP contribution in [0.1, 0.15) is 35.2 Å². The molecule has 25 heavy (non-hydrogen) atoms. The van der Waals surface area contributed by atoms with Crippen molar-refractivity contribution in [1.82, 2.24) is 5.32 Å². The molecule has 0 saturated heterocycles. The van der Waals surface area contributed by atoms with Crippen LogP contribution < -0.4 is 15.5 Å². The van der Waals surface area contributed by atoms with Crippen LogP contribution in [-0.4, -0.2) is 25.8 Å². The maximum absolute atomic E-state index is 5.50. The summed E-state index contributed by atoms with van der Waals surface area (Å²) in [6.07, 6.45) is 1.07. The molecule has 2 aromatic carbocycles. The molecule has 0 heterocycles. The minimum atomic E-state index is 0.351. The average Bonchev–Trinajstić information content (AvgIpc) is 2.58. The first-order chi connectivity index (χ1) is 11.9. The minimum Gasteiger partial charge on any atom is -0.356 e. The molecule has 0 saturated carbocycles. The predicted octanol–water partition coefficient (Wildman–Crippen LogP) is 3.04. The van der Waals surface area contributed by atoms with Crippen LogP contribution in [0, 0.1) is 13.8 Å². The van der Waals surface area contributed by atoms with E-state index in [9.17, 15) is 0 Å². The third-order valence-electron chi connectivity index (χ3n) is 4.60. The van der Waals surface area contributed by atoms with Gasteiger partial charge in [-0.3, -0.25) is 0 Å². The third kappa shape index (κ3) is 5.55. The number of likely N-dealkylation sites (N-methyl/N-ethyl adjacent to an activating group) is 1. The number of rotatable bonds is 6. The Bertz CT molecular complexity index is 708. The molecule has 1 atom stereocenters. The summed E-state index contributed by atoms with van der Waals surface area (Å²) >= 11 is 5.50. The van der Waals surface area contributed by atoms with Gasteiger partial charge in [0.05, 0.1) is 20.6 Å². The van der Waals surface area contributed by atoms with Crippen molar-refractivity contribution in [3.8, 4) is 0 Å². The highest BCUT2D eigenvalue weighted by molar-refractivity contribution is 7.80. The monoisotopic (exact) mass is 356 g/mol. The molecule has 2 aromatic rings. The van der Waals surface area contributed by atoms with Gasteiger partial charge in [0.25, 0.3) is 0 Å². The third-order valence-corrected chi connectivity index (χ3v) is 4.84. The van der Waals surface area contributed by atoms with E-state index in [1.807, 2.05) is 0 Å². The summed E-state index contributed by atoms with van der Waals surface area (Å²) in [6.45, 7) is 7.16. The van der Waals surface area contributed by atoms with Crippen LogP contribution in [0.15, 0.2) is 42.5 Å². The number of benzene rings is 2. The van der Waals surface area contributed by atoms with Crippen molar-refractivity contribution in [2.45, 2.75) is 33.2 Å². The van der Waals surface area contributed by atoms with Gasteiger partial charge in [0.1, 0.15) is 6.04 Å². The van der Waals surface area contributed by atoms with Gasteiger partial charge in [-0.1, -0.05) is 43.3 Å². The van der Waals surface area contributed by atoms with E-state index in [1.54, 1.807) is 0 Å². The standard InChI is InChI=1S/C21H29N3S/c1-6-17-9-11-18(12-10-17)20(24(4)5)14-22-21(25)23-19-13-15(2)7-8-16(19)3/h7-13,20H,6,14H2,1-5H3,(H2,22,23,25)/p+1/t20-/m0/s1. The second kappa shape index (κ2) is 8.97. The average molecular weight is 357 g/mol. The molecule has 0 bridgehead atoms. The molecule has 0 aliphatic rings. The maximum Gasteiger partial charge on any atom is 0.171 e. The van der Waals surface area contributed by atoms with Crippen LogP contribution in [0.25, 0.3) is 0 Å². The Morgan fingerprint density at radius 3 is 2.36 bits per heavy atom. The summed E-state index contributed by atoms with van der Waals surface area (Å²) < 4.78 is 0. The quantitative estimate of drug-likeness (QED) is 0.695. The normalized spacial score (nSPS) is 12.1. The Balaban J connectivity index is 2.00. The molecule has 4 heteroatoms. The van der Waals surface area contributed by atoms with Crippen molar-refractivity contribution in [1.29, 1.82) is 0 Å². The lowest BCUT2D eigenvalue weighted by atomic mass is 10.0. The molecular formula is C21H30N3S+. The van der Waals surface area contributed by atoms with Gasteiger partial charge in [0.2, 0.25) is 0 Å². The van der Waals surface area contributed by atoms with E-state index in [0.29, 0.717) is 11.2 Å². The number of anilines is 1. The molecule has 0 spiro atoms. The fourth-order valence-electron chi connectivity index (χ4n) is 2.87. The molecule has 134 valence electrons. The van der Waals surface area contributed by atoms with Crippen LogP contribution in [0.5, 0.6) is 0 Å². The largest absolute Gasteiger partial charge is 0.356 e. The summed E-state index contributed by atoms with van der Waals surface area (Å²) in [6, 6.07) is 15.6. The highest BCUT2D eigenvalue weighted by Gasteiger charge is 2.18. The topological polar surface area (TPSA) is 28.5 Å². The molecule has 3 N–H and O–H groups in total. The molecule has 0 aliphatic heterocycles. The van der Waals surface area contributed by atoms with E-state index in [2.05, 4.69) is 88.0 Å². The van der Waals surface area contributed by atoms with Crippen molar-refractivity contribution in [2.24, 2.45) is 0 Å². The van der Waals surface area contributed by atoms with Gasteiger partial charge in [-0.25, -0.2) is 0 Å². The molecule has 0 fully saturated rings. The molecule has 0 aliphatic carbocycles. The molecule has 0 amide bonds. The Morgan fingerprint density at radius 2 is 1.76 bits per heavy atom. The van der Waals surface area contributed by atoms with Gasteiger partial charge >= 0.3 is 0 Å². The van der Waals surface area contributed by atoms with Gasteiger partial charge in [-0.05, 0) is 55.2 Å². The number of quaternary nitrogens is 1. The molecule has 0 unspecified atom stereocenters. The zero-order valence-corrected chi connectivity index (χ0v) is 16.8. The second-order valence-electron chi connectivity index (χ2n) is 6.88. The highest BCUT2D eigenvalue weighted by Crippen LogP contribution is 2.16. The summed E-state index contributed by atoms with van der Waals surface area (Å²) in [5, 5.41) is 7.38. The second-order valence-corrected chi connectivity index (χ2v) is 7.29. The van der Waals surface area contributed by atoms with Crippen molar-refractivity contribution >= 4 is 23.0 Å². The van der Waals surface area contributed by atoms with Gasteiger partial charge < -0.3 is 15.5 Å². The van der Waals surface area contributed by atoms with E-state index >= 15 is 0 Å². The number of thiocarbonyl (C=S) groups is 1. The summed E-state index contributed by atoms with van der Waals surface area (Å²) in [5.41, 5.74) is 6.19. The van der Waals surface area contributed by atoms with Gasteiger partial charge in [-0.2, -0.15) is 0 Å². The van der Waals surface area contributed by atoms with E-state index in [4.69, 9.17) is 12.2 Å². The van der Waals surface area contributed by atoms with E-state index < -0.39 is 0 Å². The smallest absolute Gasteiger partial charge is 0.171 e. The first kappa shape index (κ1) is 19.4. The van der Waals surface area contributed by atoms with Crippen molar-refractivity contribution in [3.63, 3.8) is 0 Å². The first-order valence-electron chi connectivity index (χ1n) is 8.91. The summed E-state index contributed by atoms with van der Waals surface area (Å²) in [5.74, 6) is 0. The van der Waals surface area contributed by atoms with E-state index in [1.165, 1.54) is 27.2 Å². The Hall–Kier alpha value is -1.91. The predicted molar refractivity (Wildman–Crippen MR) is 112 cm³/mol. The lowest BCUT2D eigenvalue weighted by Gasteiger charge is -2.23. The number of hydrogen-bond acceptors (Lipinski definition) is 1. The zero-order valence-electron chi connectivity index (χ0n) is 15.9. The lowest BCUT2D eigenvalue weighted by Crippen LogP contribution is -3.07. The van der Waals surface area contributed by atoms with Gasteiger partial charge in [0.15, 0.2) is 5.11 Å². The SMILES string of the molecule is CCc1ccc([C@H](CNC(=S)Nc2cc(C)ccc2C)[NH+](C)C)cc1. The van der Waals surface area contributed by atoms with Crippen LogP contribution in [0.2, 0.25) is 0 Å². The number of hydrogen-bond donors (Lipinski definition) is 3. The molecule has 2 rings (SSSR count). The first-order valence-corrected chi connectivity index (χ1v) is 9.32. The zero-order chi connectivity index (χ0) is 18.4. The number of aryl methyl sites for hydroxylation is 3. The molecule has 3 nitrogen and oxygen atoms in total. The van der Waals surface area contributed by atoms with Crippen LogP contribution >= 0.6 is 12.2 Å². The van der Waals surface area contributed by atoms with Crippen LogP contribution in [0.3, 0.4) is 0 Å². The Morgan fingerprint density at radius 1 is 1.08 bits per heavy atom. The fraction of sp³-hybridized carbons (Fsp3) is 0.381. The Kier molecular flexibility index (Phi) is 6.97. The van der Waals surface area contributed by atoms with E-state index in [0.717, 1.165) is 18.7 Å². The molecular weight excluding hydrogens is 326 g/mol. The van der Waals surface area contributed by atoms with Gasteiger partial charge in [0, 0.05) is 11.3 Å². The van der Waals surface area contributed by atoms with Crippen molar-refractivity contribution < 1.29 is 4.90 Å². The van der Waals surface area contributed by atoms with Crippen molar-refractivity contribution in [2.75, 3.05) is 26.0 Å². The van der Waals surface area contributed by atoms with Gasteiger partial charge in [-0.15, -0.1) is 0 Å². The van der Waals surface area contributed by atoms with Crippen LogP contribution in [-0.2, 0) is 6.42 Å². The van der Waals surface area contributed by atoms with E-state index in [-0.39, 0.29) is 0 Å².